The maximum atomic E-state index is 3.52. The van der Waals surface area contributed by atoms with Crippen LogP contribution in [0, 0.1) is 18.7 Å². The molecule has 0 N–H and O–H groups in total. The molecule has 1 aliphatic carbocycles. The van der Waals surface area contributed by atoms with E-state index in [-0.39, 0.29) is 5.41 Å². The zero-order valence-corrected chi connectivity index (χ0v) is 32.4. The van der Waals surface area contributed by atoms with Crippen LogP contribution in [0.2, 0.25) is 8.86 Å². The van der Waals surface area contributed by atoms with Crippen LogP contribution in [0.15, 0.2) is 36.4 Å². The van der Waals surface area contributed by atoms with Gasteiger partial charge in [-0.05, 0) is 0 Å². The molecule has 0 aliphatic heterocycles. The van der Waals surface area contributed by atoms with Crippen molar-refractivity contribution in [2.75, 3.05) is 0 Å². The van der Waals surface area contributed by atoms with Crippen molar-refractivity contribution in [3.63, 3.8) is 0 Å². The van der Waals surface area contributed by atoms with Gasteiger partial charge in [0.1, 0.15) is 0 Å². The van der Waals surface area contributed by atoms with Crippen LogP contribution in [0.5, 0.6) is 0 Å². The topological polar surface area (TPSA) is 0 Å². The summed E-state index contributed by atoms with van der Waals surface area (Å²) in [6.45, 7) is 4.63. The average molecular weight is 812 g/mol. The van der Waals surface area contributed by atoms with Crippen molar-refractivity contribution in [2.24, 2.45) is 0 Å². The Morgan fingerprint density at radius 1 is 0.636 bits per heavy atom. The molecule has 0 fully saturated rings. The van der Waals surface area contributed by atoms with E-state index in [4.69, 9.17) is 0 Å². The first-order valence-corrected chi connectivity index (χ1v) is 30.0. The second-order valence-electron chi connectivity index (χ2n) is 9.53. The van der Waals surface area contributed by atoms with Crippen molar-refractivity contribution in [2.45, 2.75) is 92.3 Å². The molecule has 2 aromatic carbocycles. The molecule has 3 rings (SSSR count). The Morgan fingerprint density at radius 3 is 1.48 bits per heavy atom. The fourth-order valence-electron chi connectivity index (χ4n) is 5.40. The number of hydrogen-bond donors (Lipinski definition) is 0. The van der Waals surface area contributed by atoms with E-state index >= 15 is 0 Å². The van der Waals surface area contributed by atoms with E-state index in [1.807, 2.05) is 0 Å². The number of rotatable bonds is 10. The quantitative estimate of drug-likeness (QED) is 0.128. The summed E-state index contributed by atoms with van der Waals surface area (Å²) in [6.07, 6.45) is 13.1. The molecular weight excluding hydrogens is 774 g/mol. The second-order valence-corrected chi connectivity index (χ2v) is 17.8. The van der Waals surface area contributed by atoms with E-state index in [0.29, 0.717) is 0 Å². The van der Waals surface area contributed by atoms with Gasteiger partial charge >= 0.3 is 230 Å². The molecule has 0 saturated carbocycles. The number of fused-ring (bicyclic) bond motifs is 3. The van der Waals surface area contributed by atoms with Gasteiger partial charge in [0.25, 0.3) is 0 Å². The normalized spacial score (nSPS) is 12.4. The van der Waals surface area contributed by atoms with Crippen LogP contribution in [-0.2, 0) is 54.6 Å². The molecule has 0 radical (unpaired) electrons. The summed E-state index contributed by atoms with van der Waals surface area (Å²) in [6, 6.07) is 14.2. The Kier molecular flexibility index (Phi) is 11.5. The first-order valence-electron chi connectivity index (χ1n) is 13.5. The molecular formula is C31H38Hg2. The predicted molar refractivity (Wildman–Crippen MR) is 136 cm³/mol. The summed E-state index contributed by atoms with van der Waals surface area (Å²) >= 11 is -1.87. The minimum absolute atomic E-state index is 0.133. The van der Waals surface area contributed by atoms with E-state index < -0.39 is 49.1 Å². The zero-order chi connectivity index (χ0) is 23.5. The third-order valence-electron chi connectivity index (χ3n) is 7.09. The van der Waals surface area contributed by atoms with Gasteiger partial charge in [-0.1, -0.05) is 0 Å². The zero-order valence-electron chi connectivity index (χ0n) is 21.4. The predicted octanol–water partition coefficient (Wildman–Crippen LogP) is 8.77. The third-order valence-corrected chi connectivity index (χ3v) is 11.2. The first kappa shape index (κ1) is 27.0. The molecule has 0 heterocycles. The van der Waals surface area contributed by atoms with Gasteiger partial charge in [-0.25, -0.2) is 0 Å². The van der Waals surface area contributed by atoms with Crippen molar-refractivity contribution in [3.8, 4) is 29.8 Å². The van der Waals surface area contributed by atoms with Crippen LogP contribution in [0.25, 0.3) is 11.1 Å². The second kappa shape index (κ2) is 14.1. The van der Waals surface area contributed by atoms with E-state index in [1.54, 1.807) is 11.1 Å². The first-order chi connectivity index (χ1) is 16.2. The molecule has 33 heavy (non-hydrogen) atoms. The van der Waals surface area contributed by atoms with Gasteiger partial charge in [0.15, 0.2) is 0 Å². The van der Waals surface area contributed by atoms with Crippen LogP contribution < -0.4 is 0 Å². The summed E-state index contributed by atoms with van der Waals surface area (Å²) in [4.78, 5) is 0. The van der Waals surface area contributed by atoms with E-state index in [0.717, 1.165) is 0 Å². The summed E-state index contributed by atoms with van der Waals surface area (Å²) in [5.41, 5.74) is 8.63. The Labute approximate surface area is 228 Å². The van der Waals surface area contributed by atoms with Gasteiger partial charge in [0.05, 0.1) is 0 Å². The standard InChI is InChI=1S/C29H32.2CH3.2Hg/c1-5-9-11-13-19-29(20-14-12-10-6-2)27-21-23(7-3)15-17-25(27)26-18-16-24(8-4)22-28(26)29;;;;/h15-18,21-22H,5-6,9-14,19-20H2,1-2H3;2*1H3;;. The Bertz CT molecular complexity index is 957. The number of benzene rings is 2. The Morgan fingerprint density at radius 2 is 1.09 bits per heavy atom. The fraction of sp³-hybridized carbons (Fsp3) is 0.484. The van der Waals surface area contributed by atoms with Crippen molar-refractivity contribution >= 4 is 0 Å². The van der Waals surface area contributed by atoms with Crippen LogP contribution in [-0.4, -0.2) is 0 Å². The van der Waals surface area contributed by atoms with Crippen LogP contribution in [0.4, 0.5) is 0 Å². The van der Waals surface area contributed by atoms with Crippen molar-refractivity contribution in [3.05, 3.63) is 58.7 Å². The van der Waals surface area contributed by atoms with Crippen LogP contribution in [0.1, 0.15) is 100 Å². The Balaban J connectivity index is 2.13. The SMILES string of the molecule is CCCCCCC1(CCCCCC)c2cc(C#[C][Hg][CH3])ccc2-c2ccc(C#[C][Hg][CH3])cc21. The monoisotopic (exact) mass is 814 g/mol. The molecule has 0 atom stereocenters. The van der Waals surface area contributed by atoms with Gasteiger partial charge in [0, 0.05) is 0 Å². The van der Waals surface area contributed by atoms with Gasteiger partial charge in [0.2, 0.25) is 0 Å². The van der Waals surface area contributed by atoms with Crippen LogP contribution in [0.3, 0.4) is 0 Å². The molecule has 0 amide bonds. The molecule has 0 bridgehead atoms. The molecule has 2 heteroatoms. The van der Waals surface area contributed by atoms with E-state index in [1.165, 1.54) is 86.5 Å². The number of unbranched alkanes of at least 4 members (excludes halogenated alkanes) is 6. The molecule has 0 nitrogen and oxygen atoms in total. The summed E-state index contributed by atoms with van der Waals surface area (Å²) in [5.74, 6) is 7.03. The van der Waals surface area contributed by atoms with Gasteiger partial charge < -0.3 is 0 Å². The van der Waals surface area contributed by atoms with Gasteiger partial charge in [-0.2, -0.15) is 0 Å². The maximum absolute atomic E-state index is 3.52. The average Bonchev–Trinajstić information content (AvgIpc) is 3.10. The number of hydrogen-bond acceptors (Lipinski definition) is 0. The van der Waals surface area contributed by atoms with E-state index in [2.05, 4.69) is 77.8 Å². The molecule has 0 saturated heterocycles. The Hall–Kier alpha value is -0.570. The van der Waals surface area contributed by atoms with Gasteiger partial charge in [-0.15, -0.1) is 0 Å². The van der Waals surface area contributed by atoms with Crippen LogP contribution >= 0.6 is 0 Å². The molecule has 0 aromatic heterocycles. The van der Waals surface area contributed by atoms with E-state index in [9.17, 15) is 0 Å². The molecule has 1 aliphatic rings. The molecule has 0 spiro atoms. The van der Waals surface area contributed by atoms with Crippen molar-refractivity contribution in [1.29, 1.82) is 0 Å². The molecule has 2 aromatic rings. The third kappa shape index (κ3) is 6.77. The fourth-order valence-corrected chi connectivity index (χ4v) is 8.36. The molecule has 0 unspecified atom stereocenters. The summed E-state index contributed by atoms with van der Waals surface area (Å²) < 4.78 is 11.7. The minimum atomic E-state index is -0.936. The summed E-state index contributed by atoms with van der Waals surface area (Å²) in [5, 5.41) is 0. The van der Waals surface area contributed by atoms with Crippen molar-refractivity contribution in [1.82, 2.24) is 0 Å². The van der Waals surface area contributed by atoms with Crippen molar-refractivity contribution < 1.29 is 49.1 Å². The summed E-state index contributed by atoms with van der Waals surface area (Å²) in [7, 11) is 0. The molecule has 166 valence electrons. The van der Waals surface area contributed by atoms with Gasteiger partial charge in [-0.3, -0.25) is 0 Å².